The first kappa shape index (κ1) is 53.3. The van der Waals surface area contributed by atoms with E-state index in [9.17, 15) is 41.3 Å². The fraction of sp³-hybridized carbons (Fsp3) is 0.316. The smallest absolute Gasteiger partial charge is 0.416 e. The highest BCUT2D eigenvalue weighted by molar-refractivity contribution is 7.90. The second kappa shape index (κ2) is 24.3. The van der Waals surface area contributed by atoms with Gasteiger partial charge in [-0.2, -0.15) is 46.5 Å². The molecule has 5 rings (SSSR count). The molecular weight excluding hydrogens is 944 g/mol. The first-order chi connectivity index (χ1) is 31.0. The molecule has 0 saturated heterocycles. The Bertz CT molecular complexity index is 2580. The molecule has 22 nitrogen and oxygen atoms in total. The lowest BCUT2D eigenvalue weighted by atomic mass is 10.2. The van der Waals surface area contributed by atoms with Crippen molar-refractivity contribution in [1.29, 1.82) is 0 Å². The van der Waals surface area contributed by atoms with Crippen LogP contribution in [0.5, 0.6) is 29.0 Å². The molecule has 0 fully saturated rings. The molecule has 0 unspecified atom stereocenters. The number of nitro groups is 1. The monoisotopic (exact) mass is 986 g/mol. The lowest BCUT2D eigenvalue weighted by molar-refractivity contribution is -0.385. The Kier molecular flexibility index (Phi) is 19.6. The molecule has 3 aromatic heterocycles. The van der Waals surface area contributed by atoms with Crippen LogP contribution in [0.3, 0.4) is 0 Å². The van der Waals surface area contributed by atoms with Gasteiger partial charge in [-0.05, 0) is 75.7 Å². The summed E-state index contributed by atoms with van der Waals surface area (Å²) < 4.78 is 85.1. The van der Waals surface area contributed by atoms with Crippen LogP contribution in [0.15, 0.2) is 65.8 Å². The molecule has 28 heteroatoms. The zero-order valence-corrected chi connectivity index (χ0v) is 38.6. The number of carbonyl (C=O) groups is 2. The van der Waals surface area contributed by atoms with Gasteiger partial charge in [-0.15, -0.1) is 0 Å². The largest absolute Gasteiger partial charge is 0.487 e. The number of sulfonamides is 1. The van der Waals surface area contributed by atoms with E-state index in [1.54, 1.807) is 11.6 Å². The number of carbonyl (C=O) groups excluding carboxylic acids is 2. The lowest BCUT2D eigenvalue weighted by Crippen LogP contribution is -2.36. The third kappa shape index (κ3) is 16.2. The van der Waals surface area contributed by atoms with Crippen molar-refractivity contribution in [3.63, 3.8) is 0 Å². The van der Waals surface area contributed by atoms with E-state index in [0.717, 1.165) is 24.7 Å². The van der Waals surface area contributed by atoms with Crippen LogP contribution in [0.2, 0.25) is 10.3 Å². The Morgan fingerprint density at radius 1 is 0.894 bits per heavy atom. The summed E-state index contributed by atoms with van der Waals surface area (Å²) in [5.41, 5.74) is -1.34. The zero-order valence-electron chi connectivity index (χ0n) is 36.2. The van der Waals surface area contributed by atoms with Crippen molar-refractivity contribution in [2.24, 2.45) is 0 Å². The highest BCUT2D eigenvalue weighted by Gasteiger charge is 2.31. The second-order valence-electron chi connectivity index (χ2n) is 13.0. The molecule has 0 aliphatic carbocycles. The molecule has 0 saturated carbocycles. The molecule has 0 aliphatic heterocycles. The maximum absolute atomic E-state index is 12.6. The molecule has 0 radical (unpaired) electrons. The molecule has 5 aromatic rings. The second-order valence-corrected chi connectivity index (χ2v) is 15.4. The Hall–Kier alpha value is -7.06. The first-order valence-corrected chi connectivity index (χ1v) is 21.1. The number of nitrogens with zero attached hydrogens (tertiary/aromatic N) is 8. The summed E-state index contributed by atoms with van der Waals surface area (Å²) >= 11 is 11.5. The first-order valence-electron chi connectivity index (χ1n) is 18.9. The van der Waals surface area contributed by atoms with Gasteiger partial charge in [0.05, 0.1) is 48.0 Å². The predicted molar refractivity (Wildman–Crippen MR) is 235 cm³/mol. The van der Waals surface area contributed by atoms with Crippen LogP contribution in [0.25, 0.3) is 0 Å². The highest BCUT2D eigenvalue weighted by atomic mass is 35.5. The molecule has 0 atom stereocenters. The number of hydrogen-bond acceptors (Lipinski definition) is 18. The molecule has 3 amide bonds. The normalized spacial score (nSPS) is 10.8. The summed E-state index contributed by atoms with van der Waals surface area (Å²) in [6, 6.07) is 9.57. The van der Waals surface area contributed by atoms with Crippen molar-refractivity contribution in [2.75, 3.05) is 57.4 Å². The van der Waals surface area contributed by atoms with E-state index < -0.39 is 43.7 Å². The van der Waals surface area contributed by atoms with E-state index in [4.69, 9.17) is 42.1 Å². The quantitative estimate of drug-likeness (QED) is 0.0590. The van der Waals surface area contributed by atoms with Crippen LogP contribution in [0.1, 0.15) is 43.6 Å². The van der Waals surface area contributed by atoms with Crippen molar-refractivity contribution in [3.05, 3.63) is 92.3 Å². The molecule has 2 aromatic carbocycles. The number of benzene rings is 2. The number of methoxy groups -OCH3 is 2. The minimum Gasteiger partial charge on any atom is -0.487 e. The molecule has 356 valence electrons. The SMILES string of the molecule is CCNc1nc(Cl)nc(NC(C)C)n1.CCOc1cc(Oc2ccc(C(F)(F)F)cc2Cl)ccc1[N+](=O)[O-].COc1cc(OC)nc(NC(=O)NS(=O)(=O)c2ncccc2C(=O)N(C)C)n1. The number of amides is 3. The van der Waals surface area contributed by atoms with Crippen LogP contribution in [-0.2, 0) is 16.2 Å². The van der Waals surface area contributed by atoms with Gasteiger partial charge in [-0.1, -0.05) is 11.6 Å². The van der Waals surface area contributed by atoms with E-state index in [2.05, 4.69) is 45.9 Å². The number of hydrogen-bond donors (Lipinski definition) is 4. The summed E-state index contributed by atoms with van der Waals surface area (Å²) in [6.07, 6.45) is -3.33. The van der Waals surface area contributed by atoms with Crippen molar-refractivity contribution in [3.8, 4) is 29.0 Å². The summed E-state index contributed by atoms with van der Waals surface area (Å²) in [5, 5.41) is 18.5. The third-order valence-electron chi connectivity index (χ3n) is 7.49. The molecule has 0 aliphatic rings. The summed E-state index contributed by atoms with van der Waals surface area (Å²) in [6.45, 7) is 8.58. The van der Waals surface area contributed by atoms with E-state index in [-0.39, 0.29) is 69.2 Å². The standard InChI is InChI=1S/C15H11ClF3NO4.C15H18N6O6S.C8H14ClN5/c1-2-23-14-8-10(4-5-12(14)20(21)22)24-13-6-3-9(7-11(13)16)15(17,18)19;1-21(2)13(22)9-6-5-7-16-12(9)28(24,25)20-15(23)19-14-17-10(26-3)8-11(18-14)27-4;1-4-10-7-12-6(9)13-8(14-7)11-5(2)3/h3-8H,2H2,1H3;5-8H,1-4H3,(H2,17,18,19,20,23);5H,4H2,1-3H3,(H2,10,11,12,13,14). The van der Waals surface area contributed by atoms with Gasteiger partial charge in [-0.25, -0.2) is 14.5 Å². The highest BCUT2D eigenvalue weighted by Crippen LogP contribution is 2.38. The van der Waals surface area contributed by atoms with Crippen LogP contribution in [-0.4, -0.2) is 108 Å². The van der Waals surface area contributed by atoms with E-state index in [1.807, 2.05) is 20.8 Å². The summed E-state index contributed by atoms with van der Waals surface area (Å²) in [4.78, 5) is 59.2. The number of nitro benzene ring substituents is 1. The van der Waals surface area contributed by atoms with Gasteiger partial charge in [0.25, 0.3) is 15.9 Å². The van der Waals surface area contributed by atoms with Crippen LogP contribution >= 0.6 is 23.2 Å². The number of anilines is 3. The van der Waals surface area contributed by atoms with Gasteiger partial charge in [-0.3, -0.25) is 20.2 Å². The number of pyridine rings is 1. The molecular formula is C38H43Cl2F3N12O10S. The van der Waals surface area contributed by atoms with Gasteiger partial charge in [0.1, 0.15) is 11.5 Å². The van der Waals surface area contributed by atoms with Crippen LogP contribution in [0.4, 0.5) is 41.5 Å². The van der Waals surface area contributed by atoms with Gasteiger partial charge >= 0.3 is 17.9 Å². The Balaban J connectivity index is 0.000000277. The number of nitrogens with one attached hydrogen (secondary N) is 4. The van der Waals surface area contributed by atoms with Gasteiger partial charge in [0.2, 0.25) is 40.6 Å². The number of aromatic nitrogens is 6. The number of alkyl halides is 3. The maximum Gasteiger partial charge on any atom is 0.416 e. The maximum atomic E-state index is 12.6. The third-order valence-corrected chi connectivity index (χ3v) is 9.24. The van der Waals surface area contributed by atoms with Crippen molar-refractivity contribution < 1.29 is 55.0 Å². The number of ether oxygens (including phenoxy) is 4. The van der Waals surface area contributed by atoms with Gasteiger partial charge in [0.15, 0.2) is 5.03 Å². The van der Waals surface area contributed by atoms with Gasteiger partial charge < -0.3 is 34.5 Å². The summed E-state index contributed by atoms with van der Waals surface area (Å²) in [7, 11) is 1.15. The minimum absolute atomic E-state index is 0.0111. The minimum atomic E-state index is -4.52. The van der Waals surface area contributed by atoms with Gasteiger partial charge in [0, 0.05) is 45.0 Å². The van der Waals surface area contributed by atoms with Crippen molar-refractivity contribution in [1.82, 2.24) is 39.5 Å². The van der Waals surface area contributed by atoms with Crippen LogP contribution < -0.4 is 39.6 Å². The predicted octanol–water partition coefficient (Wildman–Crippen LogP) is 7.34. The van der Waals surface area contributed by atoms with E-state index in [0.29, 0.717) is 11.9 Å². The molecule has 0 spiro atoms. The fourth-order valence-electron chi connectivity index (χ4n) is 4.75. The van der Waals surface area contributed by atoms with Crippen LogP contribution in [0, 0.1) is 10.1 Å². The lowest BCUT2D eigenvalue weighted by Gasteiger charge is -2.14. The number of urea groups is 1. The average molecular weight is 988 g/mol. The average Bonchev–Trinajstić information content (AvgIpc) is 3.23. The molecule has 3 heterocycles. The fourth-order valence-corrected chi connectivity index (χ4v) is 6.17. The van der Waals surface area contributed by atoms with Crippen molar-refractivity contribution in [2.45, 2.75) is 44.9 Å². The van der Waals surface area contributed by atoms with E-state index in [1.165, 1.54) is 75.8 Å². The van der Waals surface area contributed by atoms with Crippen molar-refractivity contribution >= 4 is 68.7 Å². The number of halogens is 5. The Labute approximate surface area is 385 Å². The van der Waals surface area contributed by atoms with E-state index >= 15 is 0 Å². The zero-order chi connectivity index (χ0) is 49.4. The molecule has 4 N–H and O–H groups in total. The number of rotatable bonds is 15. The summed E-state index contributed by atoms with van der Waals surface area (Å²) in [5.74, 6) is 0.452. The molecule has 66 heavy (non-hydrogen) atoms. The Morgan fingerprint density at radius 2 is 1.55 bits per heavy atom. The topological polar surface area (TPSA) is 277 Å². The molecule has 0 bridgehead atoms. The Morgan fingerprint density at radius 3 is 2.09 bits per heavy atom.